The third-order valence-corrected chi connectivity index (χ3v) is 3.10. The molecule has 0 spiro atoms. The van der Waals surface area contributed by atoms with E-state index in [4.69, 9.17) is 29.4 Å². The molecule has 0 unspecified atom stereocenters. The van der Waals surface area contributed by atoms with Crippen LogP contribution in [0.15, 0.2) is 18.0 Å². The molecule has 10 heteroatoms. The zero-order valence-corrected chi connectivity index (χ0v) is 14.5. The first kappa shape index (κ1) is 19.3. The summed E-state index contributed by atoms with van der Waals surface area (Å²) in [7, 11) is 0. The lowest BCUT2D eigenvalue weighted by molar-refractivity contribution is -0.119. The molecular weight excluding hydrogens is 330 g/mol. The van der Waals surface area contributed by atoms with Gasteiger partial charge in [0.2, 0.25) is 5.91 Å². The first-order chi connectivity index (χ1) is 11.1. The highest BCUT2D eigenvalue weighted by Gasteiger charge is 2.21. The Bertz CT molecular complexity index is 684. The number of allylic oxidation sites excluding steroid dienone is 1. The molecule has 0 radical (unpaired) electrons. The van der Waals surface area contributed by atoms with Crippen molar-refractivity contribution in [1.82, 2.24) is 9.97 Å². The fraction of sp³-hybridized carbons (Fsp3) is 0.357. The van der Waals surface area contributed by atoms with Gasteiger partial charge in [-0.1, -0.05) is 26.1 Å². The lowest BCUT2D eigenvalue weighted by Gasteiger charge is -2.20. The summed E-state index contributed by atoms with van der Waals surface area (Å²) in [4.78, 5) is 31.3. The number of nitrogens with zero attached hydrogens (tertiary/aromatic N) is 2. The molecule has 1 aromatic rings. The molecule has 24 heavy (non-hydrogen) atoms. The summed E-state index contributed by atoms with van der Waals surface area (Å²) in [6.07, 6.45) is 2.78. The largest absolute Gasteiger partial charge is 0.402 e. The average Bonchev–Trinajstić information content (AvgIpc) is 2.42. The number of primary amides is 2. The Kier molecular flexibility index (Phi) is 6.59. The number of carbonyl (C=O) groups excluding carboxylic acids is 2. The van der Waals surface area contributed by atoms with Crippen molar-refractivity contribution in [2.75, 3.05) is 10.6 Å². The number of hydrogen-bond donors (Lipinski definition) is 5. The molecule has 0 saturated heterocycles. The first-order valence-electron chi connectivity index (χ1n) is 7.09. The van der Waals surface area contributed by atoms with Gasteiger partial charge in [-0.2, -0.15) is 0 Å². The van der Waals surface area contributed by atoms with E-state index in [1.807, 2.05) is 13.8 Å². The minimum absolute atomic E-state index is 0.0574. The number of nitrogens with two attached hydrogens (primary N) is 3. The van der Waals surface area contributed by atoms with E-state index >= 15 is 0 Å². The van der Waals surface area contributed by atoms with Crippen LogP contribution in [0.3, 0.4) is 0 Å². The molecule has 2 amide bonds. The Morgan fingerprint density at radius 3 is 2.38 bits per heavy atom. The van der Waals surface area contributed by atoms with Gasteiger partial charge in [0.15, 0.2) is 11.5 Å². The smallest absolute Gasteiger partial charge is 0.271 e. The molecule has 1 aromatic heterocycles. The van der Waals surface area contributed by atoms with Gasteiger partial charge in [0.05, 0.1) is 6.20 Å². The number of aromatic nitrogens is 2. The van der Waals surface area contributed by atoms with Crippen molar-refractivity contribution < 1.29 is 9.59 Å². The van der Waals surface area contributed by atoms with Crippen molar-refractivity contribution in [2.45, 2.75) is 26.8 Å². The van der Waals surface area contributed by atoms with E-state index in [1.165, 1.54) is 12.3 Å². The predicted molar refractivity (Wildman–Crippen MR) is 96.2 cm³/mol. The Balaban J connectivity index is 3.16. The lowest BCUT2D eigenvalue weighted by Crippen LogP contribution is -2.39. The quantitative estimate of drug-likeness (QED) is 0.341. The van der Waals surface area contributed by atoms with Crippen molar-refractivity contribution in [1.29, 1.82) is 0 Å². The monoisotopic (exact) mass is 351 g/mol. The van der Waals surface area contributed by atoms with Crippen LogP contribution in [-0.2, 0) is 4.79 Å². The maximum Gasteiger partial charge on any atom is 0.271 e. The summed E-state index contributed by atoms with van der Waals surface area (Å²) in [6.45, 7) is 5.32. The van der Waals surface area contributed by atoms with Crippen LogP contribution in [0.25, 0.3) is 0 Å². The van der Waals surface area contributed by atoms with Crippen molar-refractivity contribution >= 4 is 40.7 Å². The molecule has 1 heterocycles. The molecule has 0 bridgehead atoms. The van der Waals surface area contributed by atoms with Crippen LogP contribution >= 0.6 is 12.2 Å². The predicted octanol–water partition coefficient (Wildman–Crippen LogP) is 0.0991. The maximum absolute atomic E-state index is 11.5. The highest BCUT2D eigenvalue weighted by atomic mass is 32.1. The van der Waals surface area contributed by atoms with Crippen LogP contribution in [0.5, 0.6) is 0 Å². The number of amides is 2. The molecule has 0 aliphatic carbocycles. The zero-order chi connectivity index (χ0) is 18.4. The molecule has 130 valence electrons. The van der Waals surface area contributed by atoms with E-state index in [9.17, 15) is 9.59 Å². The Morgan fingerprint density at radius 2 is 1.92 bits per heavy atom. The molecule has 0 aliphatic heterocycles. The van der Waals surface area contributed by atoms with Crippen molar-refractivity contribution in [3.8, 4) is 0 Å². The summed E-state index contributed by atoms with van der Waals surface area (Å²) < 4.78 is 0. The van der Waals surface area contributed by atoms with Crippen LogP contribution in [0.2, 0.25) is 0 Å². The van der Waals surface area contributed by atoms with E-state index in [1.54, 1.807) is 6.92 Å². The third-order valence-electron chi connectivity index (χ3n) is 2.88. The Labute approximate surface area is 145 Å². The van der Waals surface area contributed by atoms with Gasteiger partial charge in [-0.3, -0.25) is 9.59 Å². The maximum atomic E-state index is 11.5. The molecule has 0 aromatic carbocycles. The average molecular weight is 351 g/mol. The normalized spacial score (nSPS) is 12.6. The van der Waals surface area contributed by atoms with Gasteiger partial charge in [-0.05, 0) is 18.9 Å². The van der Waals surface area contributed by atoms with Crippen molar-refractivity contribution in [3.05, 3.63) is 23.7 Å². The second kappa shape index (κ2) is 8.20. The number of hydrogen-bond acceptors (Lipinski definition) is 7. The number of carbonyl (C=O) groups is 2. The SMILES string of the molecule is CC(N)=CC(=S)Nc1nc(N[C@@H](C(N)=O)C(C)C)cnc1C(N)=O. The van der Waals surface area contributed by atoms with Gasteiger partial charge in [0.25, 0.3) is 5.91 Å². The van der Waals surface area contributed by atoms with E-state index in [0.717, 1.165) is 0 Å². The molecule has 1 rings (SSSR count). The molecule has 8 N–H and O–H groups in total. The highest BCUT2D eigenvalue weighted by molar-refractivity contribution is 7.81. The Morgan fingerprint density at radius 1 is 1.29 bits per heavy atom. The standard InChI is InChI=1S/C14H21N7O2S/c1-6(2)10(12(16)22)19-8-5-18-11(13(17)23)14(20-8)21-9(24)4-7(3)15/h4-6,10H,15H2,1-3H3,(H2,16,22)(H2,17,23)(H2,19,20,21,24)/t10-/m1/s1. The number of anilines is 2. The first-order valence-corrected chi connectivity index (χ1v) is 7.50. The zero-order valence-electron chi connectivity index (χ0n) is 13.7. The number of thiocarbonyl (C=S) groups is 1. The summed E-state index contributed by atoms with van der Waals surface area (Å²) >= 11 is 5.09. The van der Waals surface area contributed by atoms with Crippen LogP contribution < -0.4 is 27.8 Å². The second-order valence-corrected chi connectivity index (χ2v) is 5.90. The van der Waals surface area contributed by atoms with Gasteiger partial charge in [0, 0.05) is 5.70 Å². The van der Waals surface area contributed by atoms with Crippen molar-refractivity contribution in [2.24, 2.45) is 23.1 Å². The molecule has 0 fully saturated rings. The fourth-order valence-corrected chi connectivity index (χ4v) is 2.09. The van der Waals surface area contributed by atoms with Crippen molar-refractivity contribution in [3.63, 3.8) is 0 Å². The molecule has 0 aliphatic rings. The number of rotatable bonds is 7. The van der Waals surface area contributed by atoms with E-state index in [2.05, 4.69) is 20.6 Å². The van der Waals surface area contributed by atoms with E-state index in [0.29, 0.717) is 5.70 Å². The highest BCUT2D eigenvalue weighted by Crippen LogP contribution is 2.16. The van der Waals surface area contributed by atoms with E-state index < -0.39 is 17.9 Å². The fourth-order valence-electron chi connectivity index (χ4n) is 1.81. The summed E-state index contributed by atoms with van der Waals surface area (Å²) in [6, 6.07) is -0.648. The third kappa shape index (κ3) is 5.47. The summed E-state index contributed by atoms with van der Waals surface area (Å²) in [5, 5.41) is 5.61. The summed E-state index contributed by atoms with van der Waals surface area (Å²) in [5.74, 6) is -1.07. The Hall–Kier alpha value is -2.75. The molecule has 0 saturated carbocycles. The minimum atomic E-state index is -0.775. The van der Waals surface area contributed by atoms with Gasteiger partial charge in [0.1, 0.15) is 16.8 Å². The van der Waals surface area contributed by atoms with Crippen LogP contribution in [0.4, 0.5) is 11.6 Å². The topological polar surface area (TPSA) is 162 Å². The summed E-state index contributed by atoms with van der Waals surface area (Å²) in [5.41, 5.74) is 16.6. The van der Waals surface area contributed by atoms with Crippen LogP contribution in [0, 0.1) is 5.92 Å². The molecule has 9 nitrogen and oxygen atoms in total. The molecule has 1 atom stereocenters. The number of nitrogens with one attached hydrogen (secondary N) is 2. The van der Waals surface area contributed by atoms with E-state index in [-0.39, 0.29) is 28.2 Å². The van der Waals surface area contributed by atoms with Gasteiger partial charge in [-0.15, -0.1) is 0 Å². The lowest BCUT2D eigenvalue weighted by atomic mass is 10.0. The molecular formula is C14H21N7O2S. The minimum Gasteiger partial charge on any atom is -0.402 e. The van der Waals surface area contributed by atoms with Gasteiger partial charge >= 0.3 is 0 Å². The van der Waals surface area contributed by atoms with Gasteiger partial charge in [-0.25, -0.2) is 9.97 Å². The van der Waals surface area contributed by atoms with Crippen LogP contribution in [-0.4, -0.2) is 32.8 Å². The second-order valence-electron chi connectivity index (χ2n) is 5.46. The van der Waals surface area contributed by atoms with Crippen LogP contribution in [0.1, 0.15) is 31.3 Å². The van der Waals surface area contributed by atoms with Gasteiger partial charge < -0.3 is 27.8 Å².